The van der Waals surface area contributed by atoms with E-state index in [-0.39, 0.29) is 35.9 Å². The van der Waals surface area contributed by atoms with Crippen LogP contribution in [-0.4, -0.2) is 59.0 Å². The maximum Gasteiger partial charge on any atom is 0.308 e. The summed E-state index contributed by atoms with van der Waals surface area (Å²) in [5, 5.41) is 15.9. The second-order valence-corrected chi connectivity index (χ2v) is 5.70. The molecule has 2 rings (SSSR count). The molecule has 1 aromatic rings. The predicted molar refractivity (Wildman–Crippen MR) is 93.3 cm³/mol. The van der Waals surface area contributed by atoms with Gasteiger partial charge in [0, 0.05) is 19.2 Å². The second-order valence-electron chi connectivity index (χ2n) is 5.31. The molecule has 2 N–H and O–H groups in total. The number of carbonyl (C=O) groups excluding carboxylic acids is 3. The largest absolute Gasteiger partial charge is 0.469 e. The lowest BCUT2D eigenvalue weighted by molar-refractivity contribution is -0.385. The average Bonchev–Trinajstić information content (AvgIpc) is 2.62. The maximum absolute atomic E-state index is 12.4. The van der Waals surface area contributed by atoms with Gasteiger partial charge in [-0.25, -0.2) is 0 Å². The monoisotopic (exact) mass is 380 g/mol. The van der Waals surface area contributed by atoms with Crippen LogP contribution in [0.4, 0.5) is 5.69 Å². The van der Waals surface area contributed by atoms with Crippen molar-refractivity contribution < 1.29 is 24.0 Å². The van der Waals surface area contributed by atoms with Crippen LogP contribution in [0.5, 0.6) is 0 Å². The van der Waals surface area contributed by atoms with Crippen LogP contribution in [0.1, 0.15) is 16.8 Å². The van der Waals surface area contributed by atoms with E-state index in [1.165, 1.54) is 36.3 Å². The summed E-state index contributed by atoms with van der Waals surface area (Å²) < 4.78 is 4.57. The van der Waals surface area contributed by atoms with Crippen LogP contribution < -0.4 is 10.6 Å². The van der Waals surface area contributed by atoms with Gasteiger partial charge in [-0.3, -0.25) is 29.8 Å². The van der Waals surface area contributed by atoms with E-state index in [9.17, 15) is 24.5 Å². The number of thiocarbonyl (C=S) groups is 1. The number of benzene rings is 1. The number of nitrogens with zero attached hydrogens (tertiary/aromatic N) is 2. The van der Waals surface area contributed by atoms with Crippen molar-refractivity contribution in [1.82, 2.24) is 15.5 Å². The van der Waals surface area contributed by atoms with E-state index in [0.717, 1.165) is 0 Å². The van der Waals surface area contributed by atoms with Crippen LogP contribution in [-0.2, 0) is 14.3 Å². The highest BCUT2D eigenvalue weighted by Gasteiger charge is 2.34. The Bertz CT molecular complexity index is 768. The van der Waals surface area contributed by atoms with Crippen molar-refractivity contribution in [2.75, 3.05) is 20.2 Å². The van der Waals surface area contributed by atoms with Gasteiger partial charge in [-0.05, 0) is 18.3 Å². The molecule has 1 saturated heterocycles. The highest BCUT2D eigenvalue weighted by Crippen LogP contribution is 2.18. The number of esters is 1. The van der Waals surface area contributed by atoms with Crippen molar-refractivity contribution in [3.05, 3.63) is 39.9 Å². The Morgan fingerprint density at radius 1 is 1.46 bits per heavy atom. The third-order valence-corrected chi connectivity index (χ3v) is 4.08. The molecule has 138 valence electrons. The van der Waals surface area contributed by atoms with Crippen molar-refractivity contribution in [1.29, 1.82) is 0 Å². The number of methoxy groups -OCH3 is 1. The van der Waals surface area contributed by atoms with Crippen LogP contribution in [0.2, 0.25) is 0 Å². The summed E-state index contributed by atoms with van der Waals surface area (Å²) in [4.78, 5) is 47.7. The summed E-state index contributed by atoms with van der Waals surface area (Å²) in [5.74, 6) is -1.81. The highest BCUT2D eigenvalue weighted by atomic mass is 32.1. The van der Waals surface area contributed by atoms with E-state index in [1.54, 1.807) is 0 Å². The number of piperazine rings is 1. The molecular weight excluding hydrogens is 364 g/mol. The first-order valence-electron chi connectivity index (χ1n) is 7.55. The Balaban J connectivity index is 2.17. The number of ether oxygens (including phenoxy) is 1. The molecule has 1 fully saturated rings. The molecule has 11 heteroatoms. The summed E-state index contributed by atoms with van der Waals surface area (Å²) in [6, 6.07) is 4.49. The average molecular weight is 380 g/mol. The molecule has 0 aromatic heterocycles. The van der Waals surface area contributed by atoms with Crippen LogP contribution in [0.15, 0.2) is 24.3 Å². The minimum Gasteiger partial charge on any atom is -0.469 e. The molecule has 0 saturated carbocycles. The number of nitrogens with one attached hydrogen (secondary N) is 2. The number of nitro groups is 1. The first-order valence-corrected chi connectivity index (χ1v) is 7.96. The Hall–Kier alpha value is -3.08. The van der Waals surface area contributed by atoms with E-state index in [0.29, 0.717) is 0 Å². The van der Waals surface area contributed by atoms with Gasteiger partial charge in [0.05, 0.1) is 18.5 Å². The molecule has 0 aliphatic carbocycles. The van der Waals surface area contributed by atoms with E-state index in [1.807, 2.05) is 0 Å². The number of hydrogen-bond acceptors (Lipinski definition) is 7. The van der Waals surface area contributed by atoms with Gasteiger partial charge in [-0.15, -0.1) is 0 Å². The third-order valence-electron chi connectivity index (χ3n) is 3.75. The quantitative estimate of drug-likeness (QED) is 0.322. The minimum atomic E-state index is -0.935. The zero-order valence-corrected chi connectivity index (χ0v) is 14.6. The van der Waals surface area contributed by atoms with Crippen molar-refractivity contribution in [3.63, 3.8) is 0 Å². The fraction of sp³-hybridized carbons (Fsp3) is 0.333. The SMILES string of the molecule is COC(=O)C[C@@H]1C(=O)NCCN1C(=S)NC(=O)c1ccccc1[N+](=O)[O-]. The van der Waals surface area contributed by atoms with Crippen LogP contribution >= 0.6 is 12.2 Å². The van der Waals surface area contributed by atoms with Crippen LogP contribution in [0.3, 0.4) is 0 Å². The van der Waals surface area contributed by atoms with Gasteiger partial charge in [0.25, 0.3) is 11.6 Å². The Morgan fingerprint density at radius 3 is 2.81 bits per heavy atom. The number of rotatable bonds is 4. The fourth-order valence-electron chi connectivity index (χ4n) is 2.46. The summed E-state index contributed by atoms with van der Waals surface area (Å²) in [7, 11) is 1.20. The number of para-hydroxylation sites is 1. The zero-order chi connectivity index (χ0) is 19.3. The smallest absolute Gasteiger partial charge is 0.308 e. The lowest BCUT2D eigenvalue weighted by Gasteiger charge is -2.36. The van der Waals surface area contributed by atoms with Crippen molar-refractivity contribution in [2.45, 2.75) is 12.5 Å². The molecule has 0 radical (unpaired) electrons. The van der Waals surface area contributed by atoms with E-state index >= 15 is 0 Å². The molecule has 1 aliphatic rings. The number of hydrogen-bond donors (Lipinski definition) is 2. The van der Waals surface area contributed by atoms with Gasteiger partial charge >= 0.3 is 5.97 Å². The van der Waals surface area contributed by atoms with Gasteiger partial charge in [0.2, 0.25) is 5.91 Å². The summed E-state index contributed by atoms with van der Waals surface area (Å²) in [5.41, 5.74) is -0.527. The van der Waals surface area contributed by atoms with E-state index in [2.05, 4.69) is 15.4 Å². The number of carbonyl (C=O) groups is 3. The maximum atomic E-state index is 12.4. The highest BCUT2D eigenvalue weighted by molar-refractivity contribution is 7.80. The van der Waals surface area contributed by atoms with Gasteiger partial charge in [0.1, 0.15) is 11.6 Å². The number of nitro benzene ring substituents is 1. The van der Waals surface area contributed by atoms with E-state index < -0.39 is 28.7 Å². The zero-order valence-electron chi connectivity index (χ0n) is 13.8. The minimum absolute atomic E-state index is 0.100. The molecule has 1 heterocycles. The molecule has 1 aliphatic heterocycles. The summed E-state index contributed by atoms with van der Waals surface area (Å²) in [6.07, 6.45) is -0.246. The van der Waals surface area contributed by atoms with Crippen LogP contribution in [0.25, 0.3) is 0 Å². The van der Waals surface area contributed by atoms with Gasteiger partial charge < -0.3 is 15.0 Å². The predicted octanol–water partition coefficient (Wildman–Crippen LogP) is -0.0270. The molecule has 1 atom stereocenters. The van der Waals surface area contributed by atoms with Crippen molar-refractivity contribution in [2.24, 2.45) is 0 Å². The molecular formula is C15H16N4O6S. The first kappa shape index (κ1) is 19.2. The lowest BCUT2D eigenvalue weighted by Crippen LogP contribution is -2.60. The lowest BCUT2D eigenvalue weighted by atomic mass is 10.1. The fourth-order valence-corrected chi connectivity index (χ4v) is 2.77. The van der Waals surface area contributed by atoms with Crippen molar-refractivity contribution >= 4 is 40.8 Å². The number of amides is 2. The van der Waals surface area contributed by atoms with Crippen molar-refractivity contribution in [3.8, 4) is 0 Å². The van der Waals surface area contributed by atoms with E-state index in [4.69, 9.17) is 12.2 Å². The normalized spacial score (nSPS) is 16.4. The molecule has 0 spiro atoms. The Kier molecular flexibility index (Phi) is 6.17. The van der Waals surface area contributed by atoms with Gasteiger partial charge in [-0.2, -0.15) is 0 Å². The molecule has 2 amide bonds. The summed E-state index contributed by atoms with van der Waals surface area (Å²) >= 11 is 5.17. The molecule has 0 unspecified atom stereocenters. The standard InChI is InChI=1S/C15H16N4O6S/c1-25-12(20)8-11-14(22)16-6-7-18(11)15(26)17-13(21)9-4-2-3-5-10(9)19(23)24/h2-5,11H,6-8H2,1H3,(H,16,22)(H,17,21,26)/t11-/m1/s1. The molecule has 10 nitrogen and oxygen atoms in total. The van der Waals surface area contributed by atoms with Gasteiger partial charge in [0.15, 0.2) is 5.11 Å². The Morgan fingerprint density at radius 2 is 2.15 bits per heavy atom. The van der Waals surface area contributed by atoms with Gasteiger partial charge in [-0.1, -0.05) is 12.1 Å². The first-order chi connectivity index (χ1) is 12.3. The molecule has 26 heavy (non-hydrogen) atoms. The third kappa shape index (κ3) is 4.30. The molecule has 1 aromatic carbocycles. The Labute approximate surface area is 153 Å². The topological polar surface area (TPSA) is 131 Å². The molecule has 0 bridgehead atoms. The second kappa shape index (κ2) is 8.34. The summed E-state index contributed by atoms with van der Waals surface area (Å²) in [6.45, 7) is 0.543. The van der Waals surface area contributed by atoms with Crippen LogP contribution in [0, 0.1) is 10.1 Å².